The molecule has 0 aromatic rings. The first-order chi connectivity index (χ1) is 23.2. The average molecular weight is 690 g/mol. The van der Waals surface area contributed by atoms with Crippen LogP contribution in [0.5, 0.6) is 0 Å². The van der Waals surface area contributed by atoms with Crippen molar-refractivity contribution in [3.8, 4) is 6.07 Å². The summed E-state index contributed by atoms with van der Waals surface area (Å²) in [5.41, 5.74) is 0.463. The SMILES string of the molecule is CC(C)C(=O)OC[C@H]1O[C@@H](O[C@H]2/C(=C/C#N)C=C[C@H]3OC4(CCCCC4)O[C@H]32)[C@H](OC(=O)C(C)C)[C@@H](OC(=O)C(C)C)[C@@H]1OC(=O)C(C)C. The molecule has 0 radical (unpaired) electrons. The van der Waals surface area contributed by atoms with E-state index >= 15 is 0 Å². The highest BCUT2D eigenvalue weighted by atomic mass is 16.8. The van der Waals surface area contributed by atoms with Gasteiger partial charge in [-0.25, -0.2) is 0 Å². The molecule has 0 aromatic carbocycles. The van der Waals surface area contributed by atoms with E-state index in [-0.39, 0.29) is 0 Å². The Bertz CT molecular complexity index is 1310. The molecule has 8 atom stereocenters. The first-order valence-corrected chi connectivity index (χ1v) is 17.4. The van der Waals surface area contributed by atoms with E-state index in [1.165, 1.54) is 6.08 Å². The quantitative estimate of drug-likeness (QED) is 0.170. The van der Waals surface area contributed by atoms with Gasteiger partial charge in [-0.3, -0.25) is 19.2 Å². The second-order valence-electron chi connectivity index (χ2n) is 14.3. The summed E-state index contributed by atoms with van der Waals surface area (Å²) in [5.74, 6) is -5.55. The van der Waals surface area contributed by atoms with E-state index in [1.807, 2.05) is 6.08 Å². The normalized spacial score (nSPS) is 31.5. The zero-order valence-corrected chi connectivity index (χ0v) is 29.7. The van der Waals surface area contributed by atoms with E-state index in [9.17, 15) is 24.4 Å². The number of carbonyl (C=O) groups excluding carboxylic acids is 4. The lowest BCUT2D eigenvalue weighted by Crippen LogP contribution is -2.64. The highest BCUT2D eigenvalue weighted by molar-refractivity contribution is 5.74. The zero-order valence-electron chi connectivity index (χ0n) is 29.7. The number of nitriles is 1. The third kappa shape index (κ3) is 9.28. The molecule has 2 saturated heterocycles. The van der Waals surface area contributed by atoms with Crippen LogP contribution in [-0.4, -0.2) is 85.3 Å². The van der Waals surface area contributed by atoms with Crippen molar-refractivity contribution in [1.82, 2.24) is 0 Å². The highest BCUT2D eigenvalue weighted by Gasteiger charge is 2.57. The fourth-order valence-corrected chi connectivity index (χ4v) is 6.03. The molecule has 0 bridgehead atoms. The predicted octanol–water partition coefficient (Wildman–Crippen LogP) is 4.46. The summed E-state index contributed by atoms with van der Waals surface area (Å²) in [4.78, 5) is 52.1. The maximum Gasteiger partial charge on any atom is 0.308 e. The fourth-order valence-electron chi connectivity index (χ4n) is 6.03. The number of esters is 4. The molecular weight excluding hydrogens is 638 g/mol. The van der Waals surface area contributed by atoms with Gasteiger partial charge in [0, 0.05) is 18.9 Å². The van der Waals surface area contributed by atoms with Gasteiger partial charge in [0.25, 0.3) is 0 Å². The monoisotopic (exact) mass is 689 g/mol. The van der Waals surface area contributed by atoms with Gasteiger partial charge < -0.3 is 37.9 Å². The lowest BCUT2D eigenvalue weighted by molar-refractivity contribution is -0.322. The summed E-state index contributed by atoms with van der Waals surface area (Å²) >= 11 is 0. The van der Waals surface area contributed by atoms with Gasteiger partial charge in [0.1, 0.15) is 31.0 Å². The summed E-state index contributed by atoms with van der Waals surface area (Å²) in [6.45, 7) is 12.7. The van der Waals surface area contributed by atoms with Crippen molar-refractivity contribution in [3.63, 3.8) is 0 Å². The van der Waals surface area contributed by atoms with E-state index < -0.39 is 109 Å². The van der Waals surface area contributed by atoms with Crippen molar-refractivity contribution in [3.05, 3.63) is 23.8 Å². The van der Waals surface area contributed by atoms with Crippen molar-refractivity contribution >= 4 is 23.9 Å². The van der Waals surface area contributed by atoms with Crippen LogP contribution >= 0.6 is 0 Å². The molecule has 0 aromatic heterocycles. The molecule has 3 fully saturated rings. The van der Waals surface area contributed by atoms with Gasteiger partial charge in [-0.1, -0.05) is 74.0 Å². The fraction of sp³-hybridized carbons (Fsp3) is 0.750. The van der Waals surface area contributed by atoms with Gasteiger partial charge in [0.05, 0.1) is 29.7 Å². The van der Waals surface area contributed by atoms with Gasteiger partial charge in [-0.2, -0.15) is 5.26 Å². The number of rotatable bonds is 11. The van der Waals surface area contributed by atoms with Crippen LogP contribution in [0.2, 0.25) is 0 Å². The Balaban J connectivity index is 1.78. The average Bonchev–Trinajstić information content (AvgIpc) is 3.40. The molecule has 13 nitrogen and oxygen atoms in total. The molecule has 272 valence electrons. The highest BCUT2D eigenvalue weighted by Crippen LogP contribution is 2.45. The van der Waals surface area contributed by atoms with Crippen LogP contribution in [0, 0.1) is 35.0 Å². The second kappa shape index (κ2) is 16.6. The van der Waals surface area contributed by atoms with Crippen molar-refractivity contribution in [2.24, 2.45) is 23.7 Å². The Morgan fingerprint density at radius 3 is 1.92 bits per heavy atom. The molecule has 4 rings (SSSR count). The van der Waals surface area contributed by atoms with Gasteiger partial charge >= 0.3 is 23.9 Å². The van der Waals surface area contributed by atoms with E-state index in [2.05, 4.69) is 6.07 Å². The Labute approximate surface area is 288 Å². The van der Waals surface area contributed by atoms with E-state index in [4.69, 9.17) is 37.9 Å². The van der Waals surface area contributed by atoms with Crippen LogP contribution < -0.4 is 0 Å². The molecule has 2 heterocycles. The number of allylic oxidation sites excluding steroid dienone is 1. The molecular formula is C36H51NO12. The minimum Gasteiger partial charge on any atom is -0.463 e. The third-order valence-electron chi connectivity index (χ3n) is 8.88. The molecule has 0 amide bonds. The van der Waals surface area contributed by atoms with Crippen LogP contribution in [0.25, 0.3) is 0 Å². The molecule has 2 aliphatic carbocycles. The Hall–Kier alpha value is -3.31. The minimum atomic E-state index is -1.46. The number of carbonyl (C=O) groups is 4. The van der Waals surface area contributed by atoms with Crippen molar-refractivity contribution in [2.45, 2.75) is 142 Å². The number of fused-ring (bicyclic) bond motifs is 1. The van der Waals surface area contributed by atoms with Crippen LogP contribution in [0.15, 0.2) is 23.8 Å². The van der Waals surface area contributed by atoms with Crippen LogP contribution in [0.4, 0.5) is 0 Å². The van der Waals surface area contributed by atoms with Crippen LogP contribution in [-0.2, 0) is 57.1 Å². The standard InChI is InChI=1S/C36H51NO12/c1-19(2)31(38)42-18-25-27(44-32(39)20(3)4)29(45-33(40)21(5)6)30(46-34(41)22(7)8)35(43-25)47-26-23(14-17-37)12-13-24-28(26)49-36(48-24)15-10-9-11-16-36/h12-14,19-22,24-30,35H,9-11,15-16,18H2,1-8H3/b23-14+/t24-,25-,26+,27-,28-,29+,30-,35+/m1/s1. The smallest absolute Gasteiger partial charge is 0.308 e. The largest absolute Gasteiger partial charge is 0.463 e. The Morgan fingerprint density at radius 1 is 0.816 bits per heavy atom. The lowest BCUT2D eigenvalue weighted by atomic mass is 9.92. The molecule has 0 unspecified atom stereocenters. The van der Waals surface area contributed by atoms with Gasteiger partial charge in [0.15, 0.2) is 30.4 Å². The van der Waals surface area contributed by atoms with Crippen LogP contribution in [0.3, 0.4) is 0 Å². The first kappa shape index (κ1) is 38.5. The van der Waals surface area contributed by atoms with Crippen molar-refractivity contribution in [2.75, 3.05) is 6.61 Å². The Morgan fingerprint density at radius 2 is 1.37 bits per heavy atom. The zero-order chi connectivity index (χ0) is 36.0. The van der Waals surface area contributed by atoms with E-state index in [0.29, 0.717) is 18.4 Å². The summed E-state index contributed by atoms with van der Waals surface area (Å²) < 4.78 is 49.5. The predicted molar refractivity (Wildman–Crippen MR) is 172 cm³/mol. The Kier molecular flexibility index (Phi) is 13.0. The van der Waals surface area contributed by atoms with Crippen molar-refractivity contribution in [1.29, 1.82) is 5.26 Å². The molecule has 49 heavy (non-hydrogen) atoms. The first-order valence-electron chi connectivity index (χ1n) is 17.4. The lowest BCUT2D eigenvalue weighted by Gasteiger charge is -2.46. The van der Waals surface area contributed by atoms with Gasteiger partial charge in [-0.15, -0.1) is 0 Å². The topological polar surface area (TPSA) is 166 Å². The molecule has 1 spiro atoms. The number of ether oxygens (including phenoxy) is 8. The molecule has 4 aliphatic rings. The number of nitrogens with zero attached hydrogens (tertiary/aromatic N) is 1. The summed E-state index contributed by atoms with van der Waals surface area (Å²) in [6, 6.07) is 2.05. The minimum absolute atomic E-state index is 0.395. The maximum absolute atomic E-state index is 13.2. The van der Waals surface area contributed by atoms with E-state index in [1.54, 1.807) is 61.5 Å². The van der Waals surface area contributed by atoms with E-state index in [0.717, 1.165) is 19.3 Å². The van der Waals surface area contributed by atoms with Crippen LogP contribution in [0.1, 0.15) is 87.5 Å². The number of hydrogen-bond donors (Lipinski definition) is 0. The molecule has 1 saturated carbocycles. The summed E-state index contributed by atoms with van der Waals surface area (Å²) in [6.07, 6.45) is 0.180. The summed E-state index contributed by atoms with van der Waals surface area (Å²) in [7, 11) is 0. The third-order valence-corrected chi connectivity index (χ3v) is 8.88. The summed E-state index contributed by atoms with van der Waals surface area (Å²) in [5, 5.41) is 9.68. The number of hydrogen-bond acceptors (Lipinski definition) is 13. The second-order valence-corrected chi connectivity index (χ2v) is 14.3. The molecule has 0 N–H and O–H groups in total. The van der Waals surface area contributed by atoms with Crippen molar-refractivity contribution < 1.29 is 57.1 Å². The molecule has 13 heteroatoms. The van der Waals surface area contributed by atoms with Gasteiger partial charge in [0.2, 0.25) is 0 Å². The maximum atomic E-state index is 13.2. The molecule has 2 aliphatic heterocycles. The van der Waals surface area contributed by atoms with Gasteiger partial charge in [-0.05, 0) is 18.4 Å².